The molecule has 0 aliphatic carbocycles. The van der Waals surface area contributed by atoms with E-state index in [1.807, 2.05) is 72.8 Å². The second-order valence-corrected chi connectivity index (χ2v) is 9.72. The molecule has 3 rings (SSSR count). The number of rotatable bonds is 13. The normalized spacial score (nSPS) is 12.5. The third kappa shape index (κ3) is 7.38. The van der Waals surface area contributed by atoms with E-state index in [0.717, 1.165) is 26.7 Å². The Bertz CT molecular complexity index is 1100. The van der Waals surface area contributed by atoms with Gasteiger partial charge in [0.15, 0.2) is 0 Å². The highest BCUT2D eigenvalue weighted by Gasteiger charge is 2.38. The minimum Gasteiger partial charge on any atom is -0.489 e. The van der Waals surface area contributed by atoms with Gasteiger partial charge in [-0.05, 0) is 67.6 Å². The summed E-state index contributed by atoms with van der Waals surface area (Å²) in [5.74, 6) is 0.401. The molecule has 0 heterocycles. The van der Waals surface area contributed by atoms with Gasteiger partial charge in [-0.1, -0.05) is 71.9 Å². The monoisotopic (exact) mass is 510 g/mol. The molecule has 6 heteroatoms. The summed E-state index contributed by atoms with van der Waals surface area (Å²) in [6.07, 6.45) is 2.93. The minimum atomic E-state index is -1.01. The molecule has 1 N–H and O–H groups in total. The van der Waals surface area contributed by atoms with Crippen LogP contribution in [0.15, 0.2) is 95.2 Å². The van der Waals surface area contributed by atoms with E-state index in [1.54, 1.807) is 24.8 Å². The first-order valence-corrected chi connectivity index (χ1v) is 12.8. The highest BCUT2D eigenvalue weighted by Crippen LogP contribution is 2.38. The van der Waals surface area contributed by atoms with Gasteiger partial charge < -0.3 is 14.6 Å². The highest BCUT2D eigenvalue weighted by molar-refractivity contribution is 7.99. The van der Waals surface area contributed by atoms with E-state index in [1.165, 1.54) is 0 Å². The number of carbonyl (C=O) groups is 1. The van der Waals surface area contributed by atoms with Crippen molar-refractivity contribution in [1.29, 1.82) is 0 Å². The van der Waals surface area contributed by atoms with Gasteiger partial charge in [-0.25, -0.2) is 0 Å². The smallest absolute Gasteiger partial charge is 0.314 e. The zero-order valence-electron chi connectivity index (χ0n) is 19.9. The SMILES string of the molecule is C=CCC(CO)(CCc1cccc(Sc2ccc(OCc3ccccc3)cc2)c1Cl)C(=O)OCC. The summed E-state index contributed by atoms with van der Waals surface area (Å²) in [6.45, 7) is 5.99. The van der Waals surface area contributed by atoms with Gasteiger partial charge in [-0.3, -0.25) is 4.79 Å². The van der Waals surface area contributed by atoms with Gasteiger partial charge in [0, 0.05) is 9.79 Å². The van der Waals surface area contributed by atoms with Crippen molar-refractivity contribution in [2.75, 3.05) is 13.2 Å². The van der Waals surface area contributed by atoms with E-state index in [2.05, 4.69) is 6.58 Å². The van der Waals surface area contributed by atoms with Crippen molar-refractivity contribution >= 4 is 29.3 Å². The van der Waals surface area contributed by atoms with Crippen LogP contribution in [0.2, 0.25) is 5.02 Å². The lowest BCUT2D eigenvalue weighted by Gasteiger charge is -2.28. The molecule has 0 aliphatic heterocycles. The minimum absolute atomic E-state index is 0.265. The molecule has 0 spiro atoms. The third-order valence-electron chi connectivity index (χ3n) is 5.76. The fraction of sp³-hybridized carbons (Fsp3) is 0.276. The van der Waals surface area contributed by atoms with E-state index >= 15 is 0 Å². The van der Waals surface area contributed by atoms with Gasteiger partial charge in [-0.2, -0.15) is 0 Å². The number of ether oxygens (including phenoxy) is 2. The molecule has 3 aromatic rings. The van der Waals surface area contributed by atoms with Crippen LogP contribution in [0.5, 0.6) is 5.75 Å². The number of esters is 1. The number of aliphatic hydroxyl groups is 1. The van der Waals surface area contributed by atoms with E-state index in [9.17, 15) is 9.90 Å². The summed E-state index contributed by atoms with van der Waals surface area (Å²) in [5, 5.41) is 10.7. The Morgan fingerprint density at radius 1 is 1.09 bits per heavy atom. The molecule has 0 fully saturated rings. The number of benzene rings is 3. The Kier molecular flexibility index (Phi) is 10.3. The van der Waals surface area contributed by atoms with Crippen LogP contribution >= 0.6 is 23.4 Å². The molecule has 0 bridgehead atoms. The molecule has 1 atom stereocenters. The Morgan fingerprint density at radius 3 is 2.49 bits per heavy atom. The molecule has 3 aromatic carbocycles. The standard InChI is InChI=1S/C29H31ClO4S/c1-3-18-29(21-31,28(32)33-4-2)19-17-23-11-8-12-26(27(23)30)35-25-15-13-24(14-16-25)34-20-22-9-6-5-7-10-22/h3,5-16,31H,1,4,17-21H2,2H3. The Balaban J connectivity index is 1.66. The van der Waals surface area contributed by atoms with Gasteiger partial charge in [0.1, 0.15) is 12.4 Å². The predicted molar refractivity (Wildman–Crippen MR) is 142 cm³/mol. The van der Waals surface area contributed by atoms with Crippen LogP contribution in [0, 0.1) is 5.41 Å². The van der Waals surface area contributed by atoms with Crippen molar-refractivity contribution in [3.63, 3.8) is 0 Å². The number of aryl methyl sites for hydroxylation is 1. The summed E-state index contributed by atoms with van der Waals surface area (Å²) >= 11 is 8.32. The van der Waals surface area contributed by atoms with Crippen molar-refractivity contribution in [2.24, 2.45) is 5.41 Å². The number of aliphatic hydroxyl groups excluding tert-OH is 1. The number of allylic oxidation sites excluding steroid dienone is 1. The van der Waals surface area contributed by atoms with Crippen molar-refractivity contribution in [3.05, 3.63) is 102 Å². The summed E-state index contributed by atoms with van der Waals surface area (Å²) in [5.41, 5.74) is 1.03. The molecule has 4 nitrogen and oxygen atoms in total. The topological polar surface area (TPSA) is 55.8 Å². The molecule has 0 amide bonds. The van der Waals surface area contributed by atoms with Crippen LogP contribution in [-0.4, -0.2) is 24.3 Å². The van der Waals surface area contributed by atoms with Crippen LogP contribution in [0.1, 0.15) is 30.9 Å². The van der Waals surface area contributed by atoms with E-state index in [4.69, 9.17) is 21.1 Å². The first-order valence-electron chi connectivity index (χ1n) is 11.6. The molecule has 1 unspecified atom stereocenters. The number of halogens is 1. The molecule has 0 saturated carbocycles. The fourth-order valence-corrected chi connectivity index (χ4v) is 4.96. The average molecular weight is 511 g/mol. The lowest BCUT2D eigenvalue weighted by atomic mass is 9.79. The molecule has 0 saturated heterocycles. The summed E-state index contributed by atoms with van der Waals surface area (Å²) < 4.78 is 11.1. The first kappa shape index (κ1) is 26.9. The molecule has 0 radical (unpaired) electrons. The van der Waals surface area contributed by atoms with Crippen LogP contribution < -0.4 is 4.74 Å². The van der Waals surface area contributed by atoms with E-state index < -0.39 is 11.4 Å². The van der Waals surface area contributed by atoms with Crippen molar-refractivity contribution in [1.82, 2.24) is 0 Å². The highest BCUT2D eigenvalue weighted by atomic mass is 35.5. The lowest BCUT2D eigenvalue weighted by Crippen LogP contribution is -2.37. The Hall–Kier alpha value is -2.73. The van der Waals surface area contributed by atoms with Crippen LogP contribution in [-0.2, 0) is 22.6 Å². The van der Waals surface area contributed by atoms with Gasteiger partial charge in [-0.15, -0.1) is 6.58 Å². The Morgan fingerprint density at radius 2 is 1.83 bits per heavy atom. The predicted octanol–water partition coefficient (Wildman–Crippen LogP) is 7.12. The molecule has 184 valence electrons. The largest absolute Gasteiger partial charge is 0.489 e. The third-order valence-corrected chi connectivity index (χ3v) is 7.39. The van der Waals surface area contributed by atoms with E-state index in [0.29, 0.717) is 30.9 Å². The lowest BCUT2D eigenvalue weighted by molar-refractivity contribution is -0.158. The second kappa shape index (κ2) is 13.4. The average Bonchev–Trinajstić information content (AvgIpc) is 2.88. The van der Waals surface area contributed by atoms with Crippen molar-refractivity contribution in [3.8, 4) is 5.75 Å². The number of carbonyl (C=O) groups excluding carboxylic acids is 1. The maximum atomic E-state index is 12.6. The molecule has 0 aromatic heterocycles. The van der Waals surface area contributed by atoms with Crippen LogP contribution in [0.25, 0.3) is 0 Å². The Labute approximate surface area is 216 Å². The van der Waals surface area contributed by atoms with Gasteiger partial charge >= 0.3 is 5.97 Å². The van der Waals surface area contributed by atoms with Crippen LogP contribution in [0.3, 0.4) is 0 Å². The zero-order chi connectivity index (χ0) is 25.1. The summed E-state index contributed by atoms with van der Waals surface area (Å²) in [7, 11) is 0. The summed E-state index contributed by atoms with van der Waals surface area (Å²) in [4.78, 5) is 14.5. The molecular weight excluding hydrogens is 480 g/mol. The maximum absolute atomic E-state index is 12.6. The second-order valence-electron chi connectivity index (χ2n) is 8.23. The quantitative estimate of drug-likeness (QED) is 0.196. The van der Waals surface area contributed by atoms with Gasteiger partial charge in [0.05, 0.1) is 23.7 Å². The van der Waals surface area contributed by atoms with Crippen molar-refractivity contribution in [2.45, 2.75) is 42.6 Å². The van der Waals surface area contributed by atoms with E-state index in [-0.39, 0.29) is 13.2 Å². The number of hydrogen-bond acceptors (Lipinski definition) is 5. The fourth-order valence-electron chi connectivity index (χ4n) is 3.73. The first-order chi connectivity index (χ1) is 17.0. The van der Waals surface area contributed by atoms with Crippen molar-refractivity contribution < 1.29 is 19.4 Å². The van der Waals surface area contributed by atoms with Crippen LogP contribution in [0.4, 0.5) is 0 Å². The molecular formula is C29H31ClO4S. The number of hydrogen-bond donors (Lipinski definition) is 1. The zero-order valence-corrected chi connectivity index (χ0v) is 21.5. The molecule has 35 heavy (non-hydrogen) atoms. The summed E-state index contributed by atoms with van der Waals surface area (Å²) in [6, 6.07) is 23.9. The van der Waals surface area contributed by atoms with Gasteiger partial charge in [0.25, 0.3) is 0 Å². The maximum Gasteiger partial charge on any atom is 0.314 e. The van der Waals surface area contributed by atoms with Gasteiger partial charge in [0.2, 0.25) is 0 Å². The molecule has 0 aliphatic rings.